The van der Waals surface area contributed by atoms with E-state index in [-0.39, 0.29) is 0 Å². The summed E-state index contributed by atoms with van der Waals surface area (Å²) in [5, 5.41) is 0. The van der Waals surface area contributed by atoms with Crippen LogP contribution in [0.3, 0.4) is 0 Å². The highest BCUT2D eigenvalue weighted by molar-refractivity contribution is 5.67. The molecule has 0 aromatic heterocycles. The first-order valence-electron chi connectivity index (χ1n) is 18.5. The summed E-state index contributed by atoms with van der Waals surface area (Å²) in [6, 6.07) is 19.3. The molecule has 0 aliphatic heterocycles. The number of hydrogen-bond acceptors (Lipinski definition) is 0. The van der Waals surface area contributed by atoms with Crippen LogP contribution in [0, 0.1) is 17.3 Å². The molecule has 4 rings (SSSR count). The van der Waals surface area contributed by atoms with Gasteiger partial charge in [-0.2, -0.15) is 0 Å². The van der Waals surface area contributed by atoms with Gasteiger partial charge in [-0.1, -0.05) is 202 Å². The lowest BCUT2D eigenvalue weighted by Gasteiger charge is -2.35. The first kappa shape index (κ1) is 47.8. The van der Waals surface area contributed by atoms with Crippen LogP contribution >= 0.6 is 0 Å². The Morgan fingerprint density at radius 2 is 1.09 bits per heavy atom. The summed E-state index contributed by atoms with van der Waals surface area (Å²) in [5.41, 5.74) is 6.49. The van der Waals surface area contributed by atoms with Gasteiger partial charge in [-0.3, -0.25) is 0 Å². The van der Waals surface area contributed by atoms with E-state index in [1.54, 1.807) is 5.57 Å². The Hall–Kier alpha value is -2.08. The molecule has 0 bridgehead atoms. The van der Waals surface area contributed by atoms with Crippen molar-refractivity contribution in [3.63, 3.8) is 0 Å². The standard InChI is InChI=1S/C16H18.C15H24.6C2H6/c1-13(2)12-15-10-6-7-11-16(15)14-8-4-3-5-9-14;1-13(2)12-15(10-6-7-11-15)14-8-4-3-5-9-14;6*1-2/h3-11,13H,12H2,1-2H3;3-4,8,13H,5-7,9-12H2,1-2H3;6*1-2H3. The van der Waals surface area contributed by atoms with Crippen LogP contribution in [0.15, 0.2) is 78.4 Å². The van der Waals surface area contributed by atoms with E-state index in [9.17, 15) is 0 Å². The van der Waals surface area contributed by atoms with Crippen LogP contribution in [-0.4, -0.2) is 0 Å². The average molecular weight is 595 g/mol. The molecule has 0 N–H and O–H groups in total. The molecule has 0 atom stereocenters. The molecule has 0 amide bonds. The lowest BCUT2D eigenvalue weighted by atomic mass is 9.70. The number of benzene rings is 2. The highest BCUT2D eigenvalue weighted by Crippen LogP contribution is 2.50. The summed E-state index contributed by atoms with van der Waals surface area (Å²) in [7, 11) is 0. The van der Waals surface area contributed by atoms with Gasteiger partial charge in [-0.05, 0) is 72.5 Å². The van der Waals surface area contributed by atoms with Gasteiger partial charge in [-0.15, -0.1) is 0 Å². The lowest BCUT2D eigenvalue weighted by Crippen LogP contribution is -2.22. The third-order valence-corrected chi connectivity index (χ3v) is 6.78. The molecule has 43 heavy (non-hydrogen) atoms. The minimum absolute atomic E-state index is 0.596. The maximum atomic E-state index is 2.41. The van der Waals surface area contributed by atoms with Gasteiger partial charge in [0.1, 0.15) is 0 Å². The molecule has 2 aliphatic carbocycles. The quantitative estimate of drug-likeness (QED) is 0.312. The highest BCUT2D eigenvalue weighted by Gasteiger charge is 2.37. The Kier molecular flexibility index (Phi) is 38.3. The molecular formula is C43H78. The second-order valence-corrected chi connectivity index (χ2v) is 10.4. The van der Waals surface area contributed by atoms with Crippen LogP contribution in [-0.2, 0) is 6.42 Å². The third-order valence-electron chi connectivity index (χ3n) is 6.78. The van der Waals surface area contributed by atoms with E-state index in [4.69, 9.17) is 0 Å². The van der Waals surface area contributed by atoms with Crippen LogP contribution in [0.5, 0.6) is 0 Å². The Balaban J connectivity index is -0.000000263. The molecule has 1 saturated carbocycles. The van der Waals surface area contributed by atoms with Crippen LogP contribution in [0.4, 0.5) is 0 Å². The van der Waals surface area contributed by atoms with E-state index >= 15 is 0 Å². The van der Waals surface area contributed by atoms with E-state index in [0.717, 1.165) is 12.3 Å². The van der Waals surface area contributed by atoms with Crippen LogP contribution in [0.1, 0.15) is 161 Å². The van der Waals surface area contributed by atoms with Gasteiger partial charge < -0.3 is 0 Å². The Morgan fingerprint density at radius 1 is 0.605 bits per heavy atom. The normalized spacial score (nSPS) is 13.4. The monoisotopic (exact) mass is 595 g/mol. The summed E-state index contributed by atoms with van der Waals surface area (Å²) in [4.78, 5) is 0. The van der Waals surface area contributed by atoms with Crippen molar-refractivity contribution in [2.24, 2.45) is 17.3 Å². The largest absolute Gasteiger partial charge is 0.0842 e. The molecule has 1 fully saturated rings. The van der Waals surface area contributed by atoms with Gasteiger partial charge in [0.15, 0.2) is 0 Å². The van der Waals surface area contributed by atoms with Gasteiger partial charge in [-0.25, -0.2) is 0 Å². The Bertz CT molecular complexity index is 845. The summed E-state index contributed by atoms with van der Waals surface area (Å²) in [6.07, 6.45) is 17.9. The van der Waals surface area contributed by atoms with Crippen molar-refractivity contribution >= 4 is 0 Å². The number of rotatable bonds is 6. The lowest BCUT2D eigenvalue weighted by molar-refractivity contribution is 0.281. The topological polar surface area (TPSA) is 0 Å². The zero-order valence-corrected chi connectivity index (χ0v) is 32.2. The van der Waals surface area contributed by atoms with Crippen LogP contribution in [0.2, 0.25) is 0 Å². The van der Waals surface area contributed by atoms with Crippen molar-refractivity contribution in [2.45, 2.75) is 162 Å². The average Bonchev–Trinajstić information content (AvgIpc) is 3.57. The number of allylic oxidation sites excluding steroid dienone is 4. The van der Waals surface area contributed by atoms with Crippen molar-refractivity contribution in [3.8, 4) is 11.1 Å². The predicted octanol–water partition coefficient (Wildman–Crippen LogP) is 15.6. The van der Waals surface area contributed by atoms with Gasteiger partial charge in [0.25, 0.3) is 0 Å². The van der Waals surface area contributed by atoms with Gasteiger partial charge in [0, 0.05) is 0 Å². The second-order valence-electron chi connectivity index (χ2n) is 10.4. The molecule has 0 saturated heterocycles. The van der Waals surface area contributed by atoms with Crippen LogP contribution < -0.4 is 0 Å². The number of hydrogen-bond donors (Lipinski definition) is 0. The Labute approximate surface area is 273 Å². The van der Waals surface area contributed by atoms with Crippen molar-refractivity contribution in [1.29, 1.82) is 0 Å². The minimum Gasteiger partial charge on any atom is -0.0842 e. The van der Waals surface area contributed by atoms with Crippen LogP contribution in [0.25, 0.3) is 11.1 Å². The molecule has 2 aromatic carbocycles. The fourth-order valence-corrected chi connectivity index (χ4v) is 5.57. The van der Waals surface area contributed by atoms with Crippen molar-refractivity contribution in [1.82, 2.24) is 0 Å². The van der Waals surface area contributed by atoms with E-state index in [1.807, 2.05) is 83.1 Å². The third kappa shape index (κ3) is 20.5. The fraction of sp³-hybridized carbons (Fsp3) is 0.628. The van der Waals surface area contributed by atoms with E-state index < -0.39 is 0 Å². The summed E-state index contributed by atoms with van der Waals surface area (Å²) < 4.78 is 0. The first-order valence-corrected chi connectivity index (χ1v) is 18.5. The fourth-order valence-electron chi connectivity index (χ4n) is 5.57. The van der Waals surface area contributed by atoms with E-state index in [0.29, 0.717) is 11.3 Å². The zero-order chi connectivity index (χ0) is 34.1. The molecule has 2 aliphatic rings. The summed E-state index contributed by atoms with van der Waals surface area (Å²) >= 11 is 0. The SMILES string of the molecule is CC.CC.CC.CC.CC.CC.CC(C)CC1(C2=CC=CCC2)CCCC1.CC(C)Cc1ccccc1-c1ccccc1. The summed E-state index contributed by atoms with van der Waals surface area (Å²) in [6.45, 7) is 33.3. The molecule has 2 aromatic rings. The molecule has 0 spiro atoms. The van der Waals surface area contributed by atoms with E-state index in [2.05, 4.69) is 101 Å². The maximum Gasteiger partial charge on any atom is -0.00824 e. The van der Waals surface area contributed by atoms with Crippen molar-refractivity contribution in [3.05, 3.63) is 84.0 Å². The van der Waals surface area contributed by atoms with Crippen molar-refractivity contribution < 1.29 is 0 Å². The molecule has 0 heterocycles. The van der Waals surface area contributed by atoms with Gasteiger partial charge in [0.05, 0.1) is 0 Å². The molecule has 0 heteroatoms. The zero-order valence-electron chi connectivity index (χ0n) is 32.2. The highest BCUT2D eigenvalue weighted by atomic mass is 14.4. The first-order chi connectivity index (χ1) is 21.0. The minimum atomic E-state index is 0.596. The van der Waals surface area contributed by atoms with Gasteiger partial charge >= 0.3 is 0 Å². The Morgan fingerprint density at radius 3 is 1.53 bits per heavy atom. The second kappa shape index (κ2) is 34.4. The molecule has 250 valence electrons. The maximum absolute atomic E-state index is 2.41. The smallest absolute Gasteiger partial charge is 0.00824 e. The molecule has 0 unspecified atom stereocenters. The van der Waals surface area contributed by atoms with Crippen molar-refractivity contribution in [2.75, 3.05) is 0 Å². The van der Waals surface area contributed by atoms with E-state index in [1.165, 1.54) is 61.6 Å². The predicted molar refractivity (Wildman–Crippen MR) is 205 cm³/mol. The summed E-state index contributed by atoms with van der Waals surface area (Å²) in [5.74, 6) is 1.54. The molecular weight excluding hydrogens is 516 g/mol. The van der Waals surface area contributed by atoms with Gasteiger partial charge in [0.2, 0.25) is 0 Å². The molecule has 0 nitrogen and oxygen atoms in total. The molecule has 0 radical (unpaired) electrons.